The van der Waals surface area contributed by atoms with Crippen LogP contribution in [0.1, 0.15) is 39.5 Å². The lowest BCUT2D eigenvalue weighted by Crippen LogP contribution is -2.10. The molecule has 6 atom stereocenters. The van der Waals surface area contributed by atoms with Crippen molar-refractivity contribution in [1.29, 1.82) is 0 Å². The number of allylic oxidation sites excluding steroid dienone is 4. The van der Waals surface area contributed by atoms with E-state index in [4.69, 9.17) is 10.2 Å². The van der Waals surface area contributed by atoms with E-state index in [0.717, 1.165) is 23.7 Å². The minimum Gasteiger partial charge on any atom is -0.396 e. The maximum absolute atomic E-state index is 8.85. The Kier molecular flexibility index (Phi) is 5.86. The maximum Gasteiger partial charge on any atom is 0.0465 e. The van der Waals surface area contributed by atoms with Gasteiger partial charge in [0, 0.05) is 13.2 Å². The lowest BCUT2D eigenvalue weighted by atomic mass is 9.95. The van der Waals surface area contributed by atoms with Gasteiger partial charge in [-0.25, -0.2) is 0 Å². The van der Waals surface area contributed by atoms with E-state index < -0.39 is 0 Å². The number of fused-ring (bicyclic) bond motifs is 4. The van der Waals surface area contributed by atoms with E-state index in [1.165, 1.54) is 25.7 Å². The molecule has 0 aromatic rings. The number of aliphatic hydroxyl groups is 2. The maximum atomic E-state index is 8.85. The van der Waals surface area contributed by atoms with Crippen molar-refractivity contribution in [3.8, 4) is 0 Å². The Bertz CT molecular complexity index is 313. The molecule has 2 fully saturated rings. The highest BCUT2D eigenvalue weighted by Gasteiger charge is 2.35. The average molecular weight is 278 g/mol. The third-order valence-electron chi connectivity index (χ3n) is 5.30. The summed E-state index contributed by atoms with van der Waals surface area (Å²) < 4.78 is 0. The van der Waals surface area contributed by atoms with Gasteiger partial charge in [0.2, 0.25) is 0 Å². The van der Waals surface area contributed by atoms with E-state index in [1.54, 1.807) is 0 Å². The minimum atomic E-state index is 0.394. The Morgan fingerprint density at radius 1 is 0.700 bits per heavy atom. The molecule has 0 aliphatic heterocycles. The SMILES string of the molecule is CC.OCC1CC2C=CC1C2.OCC1CC2C=CC1C2. The summed E-state index contributed by atoms with van der Waals surface area (Å²) in [5, 5.41) is 17.7. The molecule has 2 heteroatoms. The zero-order chi connectivity index (χ0) is 14.5. The van der Waals surface area contributed by atoms with Gasteiger partial charge < -0.3 is 10.2 Å². The average Bonchev–Trinajstić information content (AvgIpc) is 3.28. The van der Waals surface area contributed by atoms with Crippen molar-refractivity contribution in [1.82, 2.24) is 0 Å². The second-order valence-corrected chi connectivity index (χ2v) is 6.45. The zero-order valence-corrected chi connectivity index (χ0v) is 12.9. The fraction of sp³-hybridized carbons (Fsp3) is 0.778. The molecule has 0 amide bonds. The molecule has 4 aliphatic carbocycles. The molecule has 0 spiro atoms. The zero-order valence-electron chi connectivity index (χ0n) is 12.9. The van der Waals surface area contributed by atoms with Gasteiger partial charge in [-0.15, -0.1) is 0 Å². The number of hydrogen-bond acceptors (Lipinski definition) is 2. The Labute approximate surface area is 123 Å². The number of rotatable bonds is 2. The van der Waals surface area contributed by atoms with Crippen molar-refractivity contribution in [2.75, 3.05) is 13.2 Å². The summed E-state index contributed by atoms with van der Waals surface area (Å²) in [6.45, 7) is 4.79. The van der Waals surface area contributed by atoms with Gasteiger partial charge in [-0.05, 0) is 61.2 Å². The topological polar surface area (TPSA) is 40.5 Å². The van der Waals surface area contributed by atoms with E-state index in [1.807, 2.05) is 13.8 Å². The molecule has 2 saturated carbocycles. The first-order chi connectivity index (χ1) is 9.80. The normalized spacial score (nSPS) is 42.2. The number of aliphatic hydroxyl groups excluding tert-OH is 2. The predicted octanol–water partition coefficient (Wildman–Crippen LogP) is 3.41. The molecule has 0 saturated heterocycles. The molecule has 0 heterocycles. The molecular formula is C18H30O2. The summed E-state index contributed by atoms with van der Waals surface area (Å²) in [6.07, 6.45) is 14.2. The lowest BCUT2D eigenvalue weighted by molar-refractivity contribution is 0.206. The molecule has 4 bridgehead atoms. The van der Waals surface area contributed by atoms with Crippen molar-refractivity contribution >= 4 is 0 Å². The first-order valence-corrected chi connectivity index (χ1v) is 8.38. The summed E-state index contributed by atoms with van der Waals surface area (Å²) in [5.41, 5.74) is 0. The summed E-state index contributed by atoms with van der Waals surface area (Å²) in [5.74, 6) is 4.26. The molecule has 6 unspecified atom stereocenters. The lowest BCUT2D eigenvalue weighted by Gasteiger charge is -2.13. The molecule has 0 radical (unpaired) electrons. The van der Waals surface area contributed by atoms with Crippen LogP contribution >= 0.6 is 0 Å². The van der Waals surface area contributed by atoms with Crippen LogP contribution in [0.4, 0.5) is 0 Å². The van der Waals surface area contributed by atoms with Crippen LogP contribution in [0.3, 0.4) is 0 Å². The van der Waals surface area contributed by atoms with Crippen LogP contribution in [0.25, 0.3) is 0 Å². The molecular weight excluding hydrogens is 248 g/mol. The molecule has 114 valence electrons. The van der Waals surface area contributed by atoms with Crippen LogP contribution in [0.5, 0.6) is 0 Å². The molecule has 0 aromatic heterocycles. The van der Waals surface area contributed by atoms with E-state index >= 15 is 0 Å². The van der Waals surface area contributed by atoms with E-state index in [2.05, 4.69) is 24.3 Å². The fourth-order valence-corrected chi connectivity index (χ4v) is 4.21. The summed E-state index contributed by atoms with van der Waals surface area (Å²) in [4.78, 5) is 0. The van der Waals surface area contributed by atoms with Gasteiger partial charge in [-0.2, -0.15) is 0 Å². The van der Waals surface area contributed by atoms with Crippen LogP contribution < -0.4 is 0 Å². The predicted molar refractivity (Wildman–Crippen MR) is 83.2 cm³/mol. The number of hydrogen-bond donors (Lipinski definition) is 2. The van der Waals surface area contributed by atoms with E-state index in [-0.39, 0.29) is 0 Å². The molecule has 0 aromatic carbocycles. The molecule has 2 nitrogen and oxygen atoms in total. The Hall–Kier alpha value is -0.600. The van der Waals surface area contributed by atoms with Crippen LogP contribution in [0.15, 0.2) is 24.3 Å². The molecule has 2 N–H and O–H groups in total. The van der Waals surface area contributed by atoms with Gasteiger partial charge in [0.25, 0.3) is 0 Å². The Morgan fingerprint density at radius 3 is 1.25 bits per heavy atom. The van der Waals surface area contributed by atoms with Crippen molar-refractivity contribution in [2.45, 2.75) is 39.5 Å². The van der Waals surface area contributed by atoms with Gasteiger partial charge in [0.05, 0.1) is 0 Å². The molecule has 20 heavy (non-hydrogen) atoms. The molecule has 4 rings (SSSR count). The van der Waals surface area contributed by atoms with Crippen LogP contribution in [-0.2, 0) is 0 Å². The largest absolute Gasteiger partial charge is 0.396 e. The van der Waals surface area contributed by atoms with Crippen LogP contribution in [0.2, 0.25) is 0 Å². The summed E-state index contributed by atoms with van der Waals surface area (Å²) >= 11 is 0. The standard InChI is InChI=1S/2C8H12O.C2H6/c2*9-5-8-4-6-1-2-7(8)3-6;1-2/h2*1-2,6-9H,3-5H2;1-2H3. The highest BCUT2D eigenvalue weighted by molar-refractivity contribution is 5.10. The second-order valence-electron chi connectivity index (χ2n) is 6.45. The Balaban J connectivity index is 0.000000131. The molecule has 4 aliphatic rings. The summed E-state index contributed by atoms with van der Waals surface area (Å²) in [6, 6.07) is 0. The quantitative estimate of drug-likeness (QED) is 0.760. The first-order valence-electron chi connectivity index (χ1n) is 8.38. The van der Waals surface area contributed by atoms with Crippen LogP contribution in [0, 0.1) is 35.5 Å². The van der Waals surface area contributed by atoms with Gasteiger partial charge in [-0.1, -0.05) is 38.2 Å². The van der Waals surface area contributed by atoms with Crippen molar-refractivity contribution in [3.05, 3.63) is 24.3 Å². The van der Waals surface area contributed by atoms with E-state index in [9.17, 15) is 0 Å². The highest BCUT2D eigenvalue weighted by atomic mass is 16.3. The van der Waals surface area contributed by atoms with E-state index in [0.29, 0.717) is 25.0 Å². The smallest absolute Gasteiger partial charge is 0.0465 e. The van der Waals surface area contributed by atoms with Crippen molar-refractivity contribution in [3.63, 3.8) is 0 Å². The van der Waals surface area contributed by atoms with Gasteiger partial charge >= 0.3 is 0 Å². The minimum absolute atomic E-state index is 0.394. The second kappa shape index (κ2) is 7.42. The van der Waals surface area contributed by atoms with Crippen molar-refractivity contribution in [2.24, 2.45) is 35.5 Å². The first kappa shape index (κ1) is 15.8. The third kappa shape index (κ3) is 3.35. The van der Waals surface area contributed by atoms with Gasteiger partial charge in [0.1, 0.15) is 0 Å². The summed E-state index contributed by atoms with van der Waals surface area (Å²) in [7, 11) is 0. The third-order valence-corrected chi connectivity index (χ3v) is 5.30. The van der Waals surface area contributed by atoms with Gasteiger partial charge in [0.15, 0.2) is 0 Å². The van der Waals surface area contributed by atoms with Gasteiger partial charge in [-0.3, -0.25) is 0 Å². The Morgan fingerprint density at radius 2 is 1.10 bits per heavy atom. The monoisotopic (exact) mass is 278 g/mol. The van der Waals surface area contributed by atoms with Crippen molar-refractivity contribution < 1.29 is 10.2 Å². The fourth-order valence-electron chi connectivity index (χ4n) is 4.21. The van der Waals surface area contributed by atoms with Crippen LogP contribution in [-0.4, -0.2) is 23.4 Å². The highest BCUT2D eigenvalue weighted by Crippen LogP contribution is 2.43.